The predicted octanol–water partition coefficient (Wildman–Crippen LogP) is 4.96. The number of methoxy groups -OCH3 is 1. The van der Waals surface area contributed by atoms with Gasteiger partial charge in [-0.2, -0.15) is 0 Å². The average molecular weight is 646 g/mol. The molecule has 0 heterocycles. The number of carbonyl (C=O) groups is 4. The molecule has 3 amide bonds. The van der Waals surface area contributed by atoms with E-state index in [9.17, 15) is 19.2 Å². The van der Waals surface area contributed by atoms with Crippen LogP contribution >= 0.6 is 15.9 Å². The van der Waals surface area contributed by atoms with Crippen molar-refractivity contribution in [2.45, 2.75) is 19.5 Å². The van der Waals surface area contributed by atoms with E-state index in [2.05, 4.69) is 26.6 Å². The quantitative estimate of drug-likeness (QED) is 0.199. The molecule has 43 heavy (non-hydrogen) atoms. The Morgan fingerprint density at radius 3 is 2.35 bits per heavy atom. The van der Waals surface area contributed by atoms with Crippen LogP contribution in [0.5, 0.6) is 5.75 Å². The summed E-state index contributed by atoms with van der Waals surface area (Å²) in [6, 6.07) is 22.8. The summed E-state index contributed by atoms with van der Waals surface area (Å²) in [5.41, 5.74) is 2.59. The highest BCUT2D eigenvalue weighted by Gasteiger charge is 2.26. The molecule has 9 nitrogen and oxygen atoms in total. The molecule has 0 radical (unpaired) electrons. The Bertz CT molecular complexity index is 1630. The molecule has 0 saturated heterocycles. The number of rotatable bonds is 13. The van der Waals surface area contributed by atoms with E-state index in [1.165, 1.54) is 4.90 Å². The number of aldehydes is 1. The number of carbonyl (C=O) groups excluding carboxylic acids is 4. The summed E-state index contributed by atoms with van der Waals surface area (Å²) in [5.74, 6) is 0.0662. The van der Waals surface area contributed by atoms with Gasteiger partial charge in [-0.05, 0) is 67.2 Å². The fourth-order valence-corrected chi connectivity index (χ4v) is 5.32. The van der Waals surface area contributed by atoms with Crippen molar-refractivity contribution in [3.63, 3.8) is 0 Å². The first-order valence-corrected chi connectivity index (χ1v) is 14.5. The minimum Gasteiger partial charge on any atom is -0.496 e. The molecule has 0 aliphatic carbocycles. The van der Waals surface area contributed by atoms with E-state index in [1.54, 1.807) is 67.6 Å². The highest BCUT2D eigenvalue weighted by molar-refractivity contribution is 9.10. The number of ether oxygens (including phenoxy) is 1. The molecule has 4 aromatic rings. The van der Waals surface area contributed by atoms with E-state index < -0.39 is 6.04 Å². The van der Waals surface area contributed by atoms with Crippen LogP contribution in [0.4, 0.5) is 11.4 Å². The van der Waals surface area contributed by atoms with Gasteiger partial charge >= 0.3 is 0 Å². The van der Waals surface area contributed by atoms with Crippen LogP contribution < -0.4 is 25.2 Å². The van der Waals surface area contributed by atoms with Crippen molar-refractivity contribution in [2.75, 3.05) is 37.0 Å². The fraction of sp³-hybridized carbons (Fsp3) is 0.212. The Morgan fingerprint density at radius 1 is 0.977 bits per heavy atom. The molecule has 0 aliphatic rings. The van der Waals surface area contributed by atoms with E-state index in [-0.39, 0.29) is 31.4 Å². The number of amides is 3. The van der Waals surface area contributed by atoms with E-state index in [0.717, 1.165) is 27.2 Å². The van der Waals surface area contributed by atoms with Gasteiger partial charge in [0.15, 0.2) is 0 Å². The number of nitrogens with one attached hydrogen (secondary N) is 2. The number of benzene rings is 4. The molecule has 0 saturated carbocycles. The largest absolute Gasteiger partial charge is 0.496 e. The molecule has 4 aromatic carbocycles. The molecule has 1 unspecified atom stereocenters. The summed E-state index contributed by atoms with van der Waals surface area (Å²) in [5, 5.41) is 7.62. The first kappa shape index (κ1) is 31.4. The zero-order valence-corrected chi connectivity index (χ0v) is 25.8. The molecule has 222 valence electrons. The van der Waals surface area contributed by atoms with Crippen LogP contribution in [0, 0.1) is 0 Å². The highest BCUT2D eigenvalue weighted by atomic mass is 79.9. The SMILES string of the molecule is CNCC(=O)NC(C)CN(C(=O)c1ccc(C=O)cc1)c1ccccc1N(C=O)Cc1c(OC)ccc2cc(Br)ccc12. The minimum absolute atomic E-state index is 0.124. The Balaban J connectivity index is 1.78. The molecule has 0 spiro atoms. The van der Waals surface area contributed by atoms with Gasteiger partial charge in [-0.3, -0.25) is 19.2 Å². The van der Waals surface area contributed by atoms with Crippen molar-refractivity contribution >= 4 is 62.6 Å². The standard InChI is InChI=1S/C33H33BrN4O5/c1-22(36-32(41)17-35-2)18-38(33(42)24-10-8-23(20-39)9-11-24)30-7-5-4-6-29(30)37(21-40)19-28-27-14-13-26(34)16-25(27)12-15-31(28)43-3/h4-16,20-22,35H,17-19H2,1-3H3,(H,36,41). The fourth-order valence-electron chi connectivity index (χ4n) is 4.94. The first-order valence-electron chi connectivity index (χ1n) is 13.7. The number of para-hydroxylation sites is 2. The summed E-state index contributed by atoms with van der Waals surface area (Å²) in [7, 11) is 3.26. The zero-order chi connectivity index (χ0) is 30.9. The molecule has 1 atom stereocenters. The number of halogens is 1. The summed E-state index contributed by atoms with van der Waals surface area (Å²) in [6.07, 6.45) is 1.44. The minimum atomic E-state index is -0.423. The number of hydrogen-bond donors (Lipinski definition) is 2. The van der Waals surface area contributed by atoms with Gasteiger partial charge in [-0.1, -0.05) is 52.3 Å². The van der Waals surface area contributed by atoms with Gasteiger partial charge < -0.3 is 25.2 Å². The molecular weight excluding hydrogens is 612 g/mol. The van der Waals surface area contributed by atoms with Crippen LogP contribution in [0.15, 0.2) is 83.3 Å². The van der Waals surface area contributed by atoms with Crippen molar-refractivity contribution < 1.29 is 23.9 Å². The van der Waals surface area contributed by atoms with Crippen LogP contribution in [0.25, 0.3) is 10.8 Å². The Labute approximate surface area is 258 Å². The molecule has 4 rings (SSSR count). The number of hydrogen-bond acceptors (Lipinski definition) is 6. The van der Waals surface area contributed by atoms with Gasteiger partial charge in [0.1, 0.15) is 12.0 Å². The van der Waals surface area contributed by atoms with E-state index in [0.29, 0.717) is 34.5 Å². The lowest BCUT2D eigenvalue weighted by molar-refractivity contribution is -0.120. The third-order valence-electron chi connectivity index (χ3n) is 6.95. The van der Waals surface area contributed by atoms with Crippen LogP contribution in [0.3, 0.4) is 0 Å². The second-order valence-electron chi connectivity index (χ2n) is 9.99. The zero-order valence-electron chi connectivity index (χ0n) is 24.2. The van der Waals surface area contributed by atoms with Crippen molar-refractivity contribution in [1.82, 2.24) is 10.6 Å². The summed E-state index contributed by atoms with van der Waals surface area (Å²) in [6.45, 7) is 2.24. The molecule has 2 N–H and O–H groups in total. The lowest BCUT2D eigenvalue weighted by Crippen LogP contribution is -2.46. The van der Waals surface area contributed by atoms with Crippen LogP contribution in [-0.2, 0) is 16.1 Å². The van der Waals surface area contributed by atoms with Crippen LogP contribution in [0.2, 0.25) is 0 Å². The van der Waals surface area contributed by atoms with Gasteiger partial charge in [0.2, 0.25) is 12.3 Å². The van der Waals surface area contributed by atoms with Crippen LogP contribution in [0.1, 0.15) is 33.2 Å². The lowest BCUT2D eigenvalue weighted by Gasteiger charge is -2.31. The maximum Gasteiger partial charge on any atom is 0.258 e. The molecule has 0 bridgehead atoms. The lowest BCUT2D eigenvalue weighted by atomic mass is 10.0. The number of anilines is 2. The molecule has 10 heteroatoms. The Morgan fingerprint density at radius 2 is 1.70 bits per heavy atom. The smallest absolute Gasteiger partial charge is 0.258 e. The van der Waals surface area contributed by atoms with Gasteiger partial charge in [-0.15, -0.1) is 0 Å². The van der Waals surface area contributed by atoms with E-state index in [4.69, 9.17) is 4.74 Å². The Hall–Kier alpha value is -4.54. The first-order chi connectivity index (χ1) is 20.8. The van der Waals surface area contributed by atoms with Crippen LogP contribution in [-0.4, -0.2) is 57.8 Å². The van der Waals surface area contributed by atoms with Crippen molar-refractivity contribution in [2.24, 2.45) is 0 Å². The highest BCUT2D eigenvalue weighted by Crippen LogP contribution is 2.35. The monoisotopic (exact) mass is 644 g/mol. The summed E-state index contributed by atoms with van der Waals surface area (Å²) < 4.78 is 6.61. The third kappa shape index (κ3) is 7.46. The van der Waals surface area contributed by atoms with Gasteiger partial charge in [0, 0.05) is 33.7 Å². The van der Waals surface area contributed by atoms with E-state index in [1.807, 2.05) is 37.3 Å². The summed E-state index contributed by atoms with van der Waals surface area (Å²) in [4.78, 5) is 53.3. The number of likely N-dealkylation sites (N-methyl/N-ethyl adjacent to an activating group) is 1. The Kier molecular flexibility index (Phi) is 10.6. The normalized spacial score (nSPS) is 11.4. The molecule has 0 aliphatic heterocycles. The van der Waals surface area contributed by atoms with Gasteiger partial charge in [0.05, 0.1) is 31.6 Å². The molecule has 0 aromatic heterocycles. The molecular formula is C33H33BrN4O5. The number of fused-ring (bicyclic) bond motifs is 1. The second kappa shape index (κ2) is 14.6. The second-order valence-corrected chi connectivity index (χ2v) is 10.9. The topological polar surface area (TPSA) is 108 Å². The third-order valence-corrected chi connectivity index (χ3v) is 7.44. The van der Waals surface area contributed by atoms with Crippen molar-refractivity contribution in [3.05, 3.63) is 100 Å². The van der Waals surface area contributed by atoms with E-state index >= 15 is 0 Å². The van der Waals surface area contributed by atoms with Crippen molar-refractivity contribution in [3.8, 4) is 5.75 Å². The average Bonchev–Trinajstić information content (AvgIpc) is 3.02. The number of nitrogens with zero attached hydrogens (tertiary/aromatic N) is 2. The molecule has 0 fully saturated rings. The van der Waals surface area contributed by atoms with Crippen molar-refractivity contribution in [1.29, 1.82) is 0 Å². The maximum atomic E-state index is 14.0. The summed E-state index contributed by atoms with van der Waals surface area (Å²) >= 11 is 3.52. The van der Waals surface area contributed by atoms with Gasteiger partial charge in [0.25, 0.3) is 5.91 Å². The van der Waals surface area contributed by atoms with Gasteiger partial charge in [-0.25, -0.2) is 0 Å². The maximum absolute atomic E-state index is 14.0. The predicted molar refractivity (Wildman–Crippen MR) is 172 cm³/mol.